The van der Waals surface area contributed by atoms with Crippen LogP contribution in [0, 0.1) is 5.92 Å². The van der Waals surface area contributed by atoms with Crippen LogP contribution in [0.3, 0.4) is 0 Å². The third kappa shape index (κ3) is 5.74. The predicted molar refractivity (Wildman–Crippen MR) is 118 cm³/mol. The molecule has 1 saturated heterocycles. The van der Waals surface area contributed by atoms with Gasteiger partial charge in [-0.25, -0.2) is 4.98 Å². The topological polar surface area (TPSA) is 53.9 Å². The van der Waals surface area contributed by atoms with E-state index in [0.29, 0.717) is 33.3 Å². The summed E-state index contributed by atoms with van der Waals surface area (Å²) in [4.78, 5) is 15.5. The van der Waals surface area contributed by atoms with E-state index in [2.05, 4.69) is 32.1 Å². The van der Waals surface area contributed by atoms with Crippen molar-refractivity contribution in [3.63, 3.8) is 0 Å². The largest absolute Gasteiger partial charge is 0.354 e. The minimum Gasteiger partial charge on any atom is -0.354 e. The SMILES string of the molecule is CCN1CCC(CNc2nc(-c3ccc(Cl)c(Cl)c3)nc(C(Cl)(Cl)Cl)n2)CC1. The van der Waals surface area contributed by atoms with Gasteiger partial charge in [0, 0.05) is 12.1 Å². The van der Waals surface area contributed by atoms with E-state index in [9.17, 15) is 0 Å². The predicted octanol–water partition coefficient (Wildman–Crippen LogP) is 5.82. The van der Waals surface area contributed by atoms with E-state index >= 15 is 0 Å². The Morgan fingerprint density at radius 3 is 2.39 bits per heavy atom. The Balaban J connectivity index is 1.81. The van der Waals surface area contributed by atoms with Crippen LogP contribution in [0.15, 0.2) is 18.2 Å². The lowest BCUT2D eigenvalue weighted by molar-refractivity contribution is 0.198. The van der Waals surface area contributed by atoms with Crippen LogP contribution in [0.25, 0.3) is 11.4 Å². The number of likely N-dealkylation sites (tertiary alicyclic amines) is 1. The fourth-order valence-corrected chi connectivity index (χ4v) is 3.64. The monoisotopic (exact) mass is 481 g/mol. The third-order valence-corrected chi connectivity index (χ3v) is 6.02. The second-order valence-corrected chi connectivity index (χ2v) is 9.79. The molecule has 0 atom stereocenters. The molecule has 28 heavy (non-hydrogen) atoms. The molecule has 1 aliphatic heterocycles. The van der Waals surface area contributed by atoms with Crippen LogP contribution in [-0.4, -0.2) is 46.0 Å². The van der Waals surface area contributed by atoms with Crippen molar-refractivity contribution >= 4 is 64.0 Å². The summed E-state index contributed by atoms with van der Waals surface area (Å²) in [6, 6.07) is 5.11. The fourth-order valence-electron chi connectivity index (χ4n) is 3.09. The maximum absolute atomic E-state index is 6.12. The standard InChI is InChI=1S/C18H20Cl5N5/c1-2-28-7-5-11(6-8-28)10-24-17-26-15(25-16(27-17)18(21,22)23)12-3-4-13(19)14(20)9-12/h3-4,9,11H,2,5-8,10H2,1H3,(H,24,25,26,27). The first-order valence-corrected chi connectivity index (χ1v) is 10.9. The highest BCUT2D eigenvalue weighted by Gasteiger charge is 2.29. The normalized spacial score (nSPS) is 16.4. The van der Waals surface area contributed by atoms with Crippen molar-refractivity contribution in [2.24, 2.45) is 5.92 Å². The van der Waals surface area contributed by atoms with Crippen molar-refractivity contribution in [1.29, 1.82) is 0 Å². The lowest BCUT2D eigenvalue weighted by atomic mass is 9.97. The Hall–Kier alpha value is -0.560. The summed E-state index contributed by atoms with van der Waals surface area (Å²) in [5.74, 6) is 1.33. The second kappa shape index (κ2) is 9.50. The number of piperidine rings is 1. The van der Waals surface area contributed by atoms with Gasteiger partial charge >= 0.3 is 0 Å². The minimum atomic E-state index is -1.77. The molecule has 2 heterocycles. The van der Waals surface area contributed by atoms with Gasteiger partial charge in [0.2, 0.25) is 9.74 Å². The van der Waals surface area contributed by atoms with E-state index < -0.39 is 3.79 Å². The van der Waals surface area contributed by atoms with E-state index in [1.807, 2.05) is 0 Å². The molecule has 1 fully saturated rings. The van der Waals surface area contributed by atoms with E-state index in [1.54, 1.807) is 18.2 Å². The molecule has 0 saturated carbocycles. The number of benzene rings is 1. The van der Waals surface area contributed by atoms with Crippen LogP contribution >= 0.6 is 58.0 Å². The van der Waals surface area contributed by atoms with Crippen molar-refractivity contribution in [2.75, 3.05) is 31.5 Å². The second-order valence-electron chi connectivity index (χ2n) is 6.69. The number of hydrogen-bond donors (Lipinski definition) is 1. The van der Waals surface area contributed by atoms with Crippen LogP contribution in [-0.2, 0) is 3.79 Å². The van der Waals surface area contributed by atoms with Gasteiger partial charge in [0.05, 0.1) is 10.0 Å². The highest BCUT2D eigenvalue weighted by Crippen LogP contribution is 2.37. The maximum atomic E-state index is 6.12. The Kier molecular flexibility index (Phi) is 7.51. The first-order valence-electron chi connectivity index (χ1n) is 9.01. The Morgan fingerprint density at radius 2 is 1.79 bits per heavy atom. The molecular formula is C18H20Cl5N5. The number of nitrogens with one attached hydrogen (secondary N) is 1. The fraction of sp³-hybridized carbons (Fsp3) is 0.500. The zero-order valence-electron chi connectivity index (χ0n) is 15.2. The average molecular weight is 484 g/mol. The molecule has 152 valence electrons. The van der Waals surface area contributed by atoms with Crippen molar-refractivity contribution < 1.29 is 0 Å². The number of hydrogen-bond acceptors (Lipinski definition) is 5. The summed E-state index contributed by atoms with van der Waals surface area (Å²) in [7, 11) is 0. The quantitative estimate of drug-likeness (QED) is 0.544. The summed E-state index contributed by atoms with van der Waals surface area (Å²) in [6.07, 6.45) is 2.26. The summed E-state index contributed by atoms with van der Waals surface area (Å²) in [5, 5.41) is 4.12. The summed E-state index contributed by atoms with van der Waals surface area (Å²) in [6.45, 7) is 6.24. The van der Waals surface area contributed by atoms with Gasteiger partial charge in [-0.15, -0.1) is 0 Å². The van der Waals surface area contributed by atoms with Gasteiger partial charge in [-0.3, -0.25) is 0 Å². The number of halogens is 5. The number of rotatable bonds is 5. The third-order valence-electron chi connectivity index (χ3n) is 4.77. The molecule has 1 aromatic carbocycles. The van der Waals surface area contributed by atoms with Crippen molar-refractivity contribution in [2.45, 2.75) is 23.6 Å². The highest BCUT2D eigenvalue weighted by molar-refractivity contribution is 6.66. The molecule has 0 amide bonds. The van der Waals surface area contributed by atoms with Crippen molar-refractivity contribution in [1.82, 2.24) is 19.9 Å². The summed E-state index contributed by atoms with van der Waals surface area (Å²) >= 11 is 30.2. The van der Waals surface area contributed by atoms with Crippen LogP contribution in [0.4, 0.5) is 5.95 Å². The maximum Gasteiger partial charge on any atom is 0.250 e. The number of nitrogens with zero attached hydrogens (tertiary/aromatic N) is 4. The molecule has 10 heteroatoms. The van der Waals surface area contributed by atoms with Gasteiger partial charge in [0.15, 0.2) is 11.6 Å². The van der Waals surface area contributed by atoms with Crippen LogP contribution in [0.1, 0.15) is 25.6 Å². The highest BCUT2D eigenvalue weighted by atomic mass is 35.6. The molecule has 3 rings (SSSR count). The number of aromatic nitrogens is 3. The first kappa shape index (κ1) is 22.1. The Bertz CT molecular complexity index is 818. The number of alkyl halides is 3. The molecule has 1 aliphatic rings. The molecule has 0 bridgehead atoms. The zero-order chi connectivity index (χ0) is 20.3. The lowest BCUT2D eigenvalue weighted by Crippen LogP contribution is -2.35. The molecule has 1 N–H and O–H groups in total. The molecule has 0 unspecified atom stereocenters. The zero-order valence-corrected chi connectivity index (χ0v) is 19.0. The van der Waals surface area contributed by atoms with E-state index in [1.165, 1.54) is 0 Å². The number of anilines is 1. The molecule has 1 aromatic heterocycles. The average Bonchev–Trinajstić information content (AvgIpc) is 2.68. The lowest BCUT2D eigenvalue weighted by Gasteiger charge is -2.31. The molecule has 2 aromatic rings. The van der Waals surface area contributed by atoms with Crippen LogP contribution in [0.5, 0.6) is 0 Å². The first-order chi connectivity index (χ1) is 13.3. The van der Waals surface area contributed by atoms with Gasteiger partial charge in [-0.2, -0.15) is 9.97 Å². The minimum absolute atomic E-state index is 0.0527. The van der Waals surface area contributed by atoms with Crippen LogP contribution < -0.4 is 5.32 Å². The van der Waals surface area contributed by atoms with E-state index in [0.717, 1.165) is 39.0 Å². The van der Waals surface area contributed by atoms with Crippen molar-refractivity contribution in [3.05, 3.63) is 34.1 Å². The van der Waals surface area contributed by atoms with Gasteiger partial charge in [-0.1, -0.05) is 64.9 Å². The smallest absolute Gasteiger partial charge is 0.250 e. The van der Waals surface area contributed by atoms with Gasteiger partial charge in [0.25, 0.3) is 0 Å². The molecular weight excluding hydrogens is 463 g/mol. The Morgan fingerprint density at radius 1 is 1.07 bits per heavy atom. The molecule has 0 radical (unpaired) electrons. The van der Waals surface area contributed by atoms with Gasteiger partial charge in [-0.05, 0) is 56.6 Å². The Labute approximate surface area is 189 Å². The summed E-state index contributed by atoms with van der Waals surface area (Å²) in [5.41, 5.74) is 0.659. The van der Waals surface area contributed by atoms with Crippen LogP contribution in [0.2, 0.25) is 10.0 Å². The van der Waals surface area contributed by atoms with Crippen molar-refractivity contribution in [3.8, 4) is 11.4 Å². The molecule has 0 aliphatic carbocycles. The van der Waals surface area contributed by atoms with E-state index in [-0.39, 0.29) is 5.82 Å². The molecule has 5 nitrogen and oxygen atoms in total. The summed E-state index contributed by atoms with van der Waals surface area (Å²) < 4.78 is -1.77. The molecule has 0 spiro atoms. The van der Waals surface area contributed by atoms with Gasteiger partial charge < -0.3 is 10.2 Å². The van der Waals surface area contributed by atoms with Gasteiger partial charge in [0.1, 0.15) is 0 Å². The van der Waals surface area contributed by atoms with E-state index in [4.69, 9.17) is 58.0 Å².